The maximum atomic E-state index is 12.3. The number of nitrogens with one attached hydrogen (secondary N) is 2. The van der Waals surface area contributed by atoms with Crippen LogP contribution in [0.2, 0.25) is 10.0 Å². The minimum absolute atomic E-state index is 0.0752. The monoisotopic (exact) mass is 370 g/mol. The van der Waals surface area contributed by atoms with Crippen LogP contribution in [-0.4, -0.2) is 60.5 Å². The maximum Gasteiger partial charge on any atom is 0.321 e. The summed E-state index contributed by atoms with van der Waals surface area (Å²) in [6.45, 7) is 2.95. The first-order chi connectivity index (χ1) is 11.5. The lowest BCUT2D eigenvalue weighted by Crippen LogP contribution is -2.52. The van der Waals surface area contributed by atoms with Gasteiger partial charge in [-0.15, -0.1) is 0 Å². The van der Waals surface area contributed by atoms with Gasteiger partial charge in [0.1, 0.15) is 0 Å². The highest BCUT2D eigenvalue weighted by molar-refractivity contribution is 6.42. The highest BCUT2D eigenvalue weighted by Crippen LogP contribution is 2.25. The number of halogens is 2. The Morgan fingerprint density at radius 1 is 1.08 bits per heavy atom. The van der Waals surface area contributed by atoms with Crippen molar-refractivity contribution in [1.82, 2.24) is 15.1 Å². The van der Waals surface area contributed by atoms with Crippen LogP contribution in [0.25, 0.3) is 0 Å². The van der Waals surface area contributed by atoms with E-state index in [1.165, 1.54) is 0 Å². The minimum atomic E-state index is -0.171. The van der Waals surface area contributed by atoms with Gasteiger partial charge in [0.2, 0.25) is 5.91 Å². The molecule has 2 N–H and O–H groups in total. The number of urea groups is 1. The van der Waals surface area contributed by atoms with Crippen LogP contribution >= 0.6 is 23.2 Å². The summed E-state index contributed by atoms with van der Waals surface area (Å²) >= 11 is 11.8. The zero-order valence-corrected chi connectivity index (χ0v) is 14.7. The molecular formula is C16H20Cl2N4O2. The second-order valence-electron chi connectivity index (χ2n) is 6.16. The van der Waals surface area contributed by atoms with Crippen molar-refractivity contribution in [1.29, 1.82) is 0 Å². The fraction of sp³-hybridized carbons (Fsp3) is 0.500. The number of rotatable bonds is 4. The molecule has 1 aromatic rings. The molecule has 1 aromatic carbocycles. The Morgan fingerprint density at radius 3 is 2.42 bits per heavy atom. The van der Waals surface area contributed by atoms with Crippen LogP contribution in [0, 0.1) is 0 Å². The molecule has 6 nitrogen and oxygen atoms in total. The van der Waals surface area contributed by atoms with Crippen molar-refractivity contribution < 1.29 is 9.59 Å². The molecule has 1 saturated carbocycles. The number of anilines is 1. The van der Waals surface area contributed by atoms with Crippen LogP contribution in [0.3, 0.4) is 0 Å². The Balaban J connectivity index is 1.44. The van der Waals surface area contributed by atoms with Gasteiger partial charge in [0, 0.05) is 37.9 Å². The van der Waals surface area contributed by atoms with Gasteiger partial charge >= 0.3 is 6.03 Å². The van der Waals surface area contributed by atoms with Crippen molar-refractivity contribution in [3.8, 4) is 0 Å². The Labute approximate surface area is 151 Å². The lowest BCUT2D eigenvalue weighted by molar-refractivity contribution is -0.122. The molecule has 24 heavy (non-hydrogen) atoms. The van der Waals surface area contributed by atoms with Crippen molar-refractivity contribution in [2.45, 2.75) is 18.9 Å². The van der Waals surface area contributed by atoms with Crippen LogP contribution in [0.4, 0.5) is 10.5 Å². The van der Waals surface area contributed by atoms with Gasteiger partial charge < -0.3 is 15.5 Å². The number of benzene rings is 1. The summed E-state index contributed by atoms with van der Waals surface area (Å²) in [6, 6.07) is 5.20. The molecule has 3 amide bonds. The van der Waals surface area contributed by atoms with E-state index in [4.69, 9.17) is 23.2 Å². The molecule has 1 aliphatic heterocycles. The van der Waals surface area contributed by atoms with Crippen LogP contribution < -0.4 is 10.6 Å². The van der Waals surface area contributed by atoms with E-state index in [1.807, 2.05) is 0 Å². The van der Waals surface area contributed by atoms with E-state index in [0.29, 0.717) is 54.5 Å². The zero-order chi connectivity index (χ0) is 17.1. The van der Waals surface area contributed by atoms with Crippen LogP contribution in [0.5, 0.6) is 0 Å². The van der Waals surface area contributed by atoms with Gasteiger partial charge in [0.15, 0.2) is 0 Å². The van der Waals surface area contributed by atoms with Crippen molar-refractivity contribution in [3.63, 3.8) is 0 Å². The van der Waals surface area contributed by atoms with Gasteiger partial charge in [-0.1, -0.05) is 23.2 Å². The maximum absolute atomic E-state index is 12.3. The molecule has 0 spiro atoms. The van der Waals surface area contributed by atoms with E-state index in [2.05, 4.69) is 15.5 Å². The normalized spacial score (nSPS) is 18.3. The van der Waals surface area contributed by atoms with Gasteiger partial charge in [0.25, 0.3) is 0 Å². The summed E-state index contributed by atoms with van der Waals surface area (Å²) in [4.78, 5) is 27.9. The Bertz CT molecular complexity index is 629. The largest absolute Gasteiger partial charge is 0.352 e. The summed E-state index contributed by atoms with van der Waals surface area (Å²) in [7, 11) is 0. The smallest absolute Gasteiger partial charge is 0.321 e. The van der Waals surface area contributed by atoms with Gasteiger partial charge in [-0.25, -0.2) is 4.79 Å². The summed E-state index contributed by atoms with van der Waals surface area (Å²) in [5.41, 5.74) is 0.612. The van der Waals surface area contributed by atoms with Gasteiger partial charge in [-0.2, -0.15) is 0 Å². The topological polar surface area (TPSA) is 64.7 Å². The zero-order valence-electron chi connectivity index (χ0n) is 13.2. The van der Waals surface area contributed by atoms with E-state index in [0.717, 1.165) is 12.8 Å². The average Bonchev–Trinajstić information content (AvgIpc) is 3.35. The number of amides is 3. The highest BCUT2D eigenvalue weighted by atomic mass is 35.5. The quantitative estimate of drug-likeness (QED) is 0.855. The second-order valence-corrected chi connectivity index (χ2v) is 6.98. The number of nitrogens with zero attached hydrogens (tertiary/aromatic N) is 2. The lowest BCUT2D eigenvalue weighted by atomic mass is 10.3. The van der Waals surface area contributed by atoms with Gasteiger partial charge in [-0.05, 0) is 31.0 Å². The average molecular weight is 371 g/mol. The summed E-state index contributed by atoms with van der Waals surface area (Å²) < 4.78 is 0. The van der Waals surface area contributed by atoms with Crippen LogP contribution in [0.1, 0.15) is 12.8 Å². The number of piperazine rings is 1. The molecule has 0 unspecified atom stereocenters. The second kappa shape index (κ2) is 7.59. The fourth-order valence-corrected chi connectivity index (χ4v) is 2.89. The number of hydrogen-bond acceptors (Lipinski definition) is 3. The first kappa shape index (κ1) is 17.3. The van der Waals surface area contributed by atoms with Crippen LogP contribution in [-0.2, 0) is 4.79 Å². The molecule has 0 radical (unpaired) electrons. The third kappa shape index (κ3) is 4.75. The van der Waals surface area contributed by atoms with Crippen molar-refractivity contribution >= 4 is 40.8 Å². The molecule has 0 atom stereocenters. The molecule has 3 rings (SSSR count). The lowest BCUT2D eigenvalue weighted by Gasteiger charge is -2.34. The summed E-state index contributed by atoms with van der Waals surface area (Å²) in [5.74, 6) is 0.0752. The van der Waals surface area contributed by atoms with Crippen molar-refractivity contribution in [2.24, 2.45) is 0 Å². The number of carbonyl (C=O) groups excluding carboxylic acids is 2. The molecule has 8 heteroatoms. The van der Waals surface area contributed by atoms with Crippen LogP contribution in [0.15, 0.2) is 18.2 Å². The van der Waals surface area contributed by atoms with E-state index in [-0.39, 0.29) is 11.9 Å². The summed E-state index contributed by atoms with van der Waals surface area (Å²) in [5, 5.41) is 6.65. The SMILES string of the molecule is O=C(CN1CCN(C(=O)Nc2ccc(Cl)c(Cl)c2)CC1)NC1CC1. The third-order valence-electron chi connectivity index (χ3n) is 4.14. The molecule has 1 saturated heterocycles. The molecule has 130 valence electrons. The van der Waals surface area contributed by atoms with Gasteiger partial charge in [-0.3, -0.25) is 9.69 Å². The summed E-state index contributed by atoms with van der Waals surface area (Å²) in [6.07, 6.45) is 2.18. The molecule has 1 heterocycles. The highest BCUT2D eigenvalue weighted by Gasteiger charge is 2.26. The van der Waals surface area contributed by atoms with E-state index in [1.54, 1.807) is 23.1 Å². The van der Waals surface area contributed by atoms with E-state index in [9.17, 15) is 9.59 Å². The first-order valence-electron chi connectivity index (χ1n) is 8.04. The molecular weight excluding hydrogens is 351 g/mol. The molecule has 2 fully saturated rings. The Hall–Kier alpha value is -1.50. The van der Waals surface area contributed by atoms with E-state index >= 15 is 0 Å². The number of hydrogen-bond donors (Lipinski definition) is 2. The standard InChI is InChI=1S/C16H20Cl2N4O2/c17-13-4-3-12(9-14(13)18)20-16(24)22-7-5-21(6-8-22)10-15(23)19-11-1-2-11/h3-4,9,11H,1-2,5-8,10H2,(H,19,23)(H,20,24). The Kier molecular flexibility index (Phi) is 5.48. The predicted octanol–water partition coefficient (Wildman–Crippen LogP) is 2.42. The molecule has 0 bridgehead atoms. The molecule has 1 aliphatic carbocycles. The van der Waals surface area contributed by atoms with E-state index < -0.39 is 0 Å². The number of carbonyl (C=O) groups is 2. The Morgan fingerprint density at radius 2 is 1.79 bits per heavy atom. The van der Waals surface area contributed by atoms with Crippen molar-refractivity contribution in [2.75, 3.05) is 38.0 Å². The third-order valence-corrected chi connectivity index (χ3v) is 4.88. The first-order valence-corrected chi connectivity index (χ1v) is 8.79. The molecule has 0 aromatic heterocycles. The minimum Gasteiger partial charge on any atom is -0.352 e. The fourth-order valence-electron chi connectivity index (χ4n) is 2.59. The predicted molar refractivity (Wildman–Crippen MR) is 94.7 cm³/mol. The van der Waals surface area contributed by atoms with Crippen molar-refractivity contribution in [3.05, 3.63) is 28.2 Å². The molecule has 2 aliphatic rings. The van der Waals surface area contributed by atoms with Gasteiger partial charge in [0.05, 0.1) is 16.6 Å².